The number of benzene rings is 3. The largest absolute Gasteiger partial charge is 0.497 e. The average Bonchev–Trinajstić information content (AvgIpc) is 2.67. The van der Waals surface area contributed by atoms with Crippen molar-refractivity contribution in [2.24, 2.45) is 0 Å². The summed E-state index contributed by atoms with van der Waals surface area (Å²) in [5.74, 6) is 0.781. The van der Waals surface area contributed by atoms with Crippen molar-refractivity contribution in [3.8, 4) is 5.75 Å². The Morgan fingerprint density at radius 2 is 1.73 bits per heavy atom. The summed E-state index contributed by atoms with van der Waals surface area (Å²) in [7, 11) is 3.67. The Balaban J connectivity index is 1.63. The van der Waals surface area contributed by atoms with E-state index in [0.29, 0.717) is 0 Å². The molecule has 3 aromatic rings. The molecule has 26 heavy (non-hydrogen) atoms. The lowest BCUT2D eigenvalue weighted by atomic mass is 10.1. The summed E-state index contributed by atoms with van der Waals surface area (Å²) < 4.78 is 5.14. The number of hydrogen-bond acceptors (Lipinski definition) is 2. The van der Waals surface area contributed by atoms with Crippen molar-refractivity contribution in [3.05, 3.63) is 72.3 Å². The summed E-state index contributed by atoms with van der Waals surface area (Å²) in [5, 5.41) is 5.44. The average molecular weight is 349 g/mol. The summed E-state index contributed by atoms with van der Waals surface area (Å²) >= 11 is 0. The maximum absolute atomic E-state index is 12.5. The van der Waals surface area contributed by atoms with E-state index in [1.165, 1.54) is 16.3 Å². The van der Waals surface area contributed by atoms with Crippen LogP contribution >= 0.6 is 0 Å². The smallest absolute Gasteiger partial charge is 0.282 e. The minimum atomic E-state index is -0.163. The maximum atomic E-state index is 12.5. The lowest BCUT2D eigenvalue weighted by molar-refractivity contribution is -0.907. The van der Waals surface area contributed by atoms with Gasteiger partial charge in [0.15, 0.2) is 6.04 Å². The molecule has 0 radical (unpaired) electrons. The SMILES string of the molecule is COc1ccc(NC(=O)[C@@H](C)[NH+](C)Cc2ccc3ccccc3c2)cc1. The van der Waals surface area contributed by atoms with Crippen molar-refractivity contribution in [1.29, 1.82) is 0 Å². The lowest BCUT2D eigenvalue weighted by Gasteiger charge is -2.21. The van der Waals surface area contributed by atoms with Gasteiger partial charge in [0.1, 0.15) is 12.3 Å². The Morgan fingerprint density at radius 3 is 2.42 bits per heavy atom. The van der Waals surface area contributed by atoms with Gasteiger partial charge in [-0.1, -0.05) is 36.4 Å². The van der Waals surface area contributed by atoms with Crippen molar-refractivity contribution >= 4 is 22.4 Å². The fourth-order valence-electron chi connectivity index (χ4n) is 2.97. The molecule has 2 atom stereocenters. The molecule has 0 saturated heterocycles. The van der Waals surface area contributed by atoms with Gasteiger partial charge in [0.2, 0.25) is 0 Å². The van der Waals surface area contributed by atoms with Crippen molar-refractivity contribution in [2.75, 3.05) is 19.5 Å². The number of anilines is 1. The quantitative estimate of drug-likeness (QED) is 0.719. The van der Waals surface area contributed by atoms with Gasteiger partial charge in [-0.05, 0) is 48.0 Å². The first-order chi connectivity index (χ1) is 12.6. The van der Waals surface area contributed by atoms with Crippen LogP contribution in [0, 0.1) is 0 Å². The second kappa shape index (κ2) is 8.02. The zero-order valence-corrected chi connectivity index (χ0v) is 15.5. The third-order valence-electron chi connectivity index (χ3n) is 4.79. The highest BCUT2D eigenvalue weighted by Gasteiger charge is 2.22. The Bertz CT molecular complexity index is 890. The summed E-state index contributed by atoms with van der Waals surface area (Å²) in [4.78, 5) is 13.7. The highest BCUT2D eigenvalue weighted by molar-refractivity contribution is 5.93. The van der Waals surface area contributed by atoms with E-state index < -0.39 is 0 Å². The Kier molecular flexibility index (Phi) is 5.54. The Labute approximate surface area is 154 Å². The van der Waals surface area contributed by atoms with Gasteiger partial charge in [-0.15, -0.1) is 0 Å². The van der Waals surface area contributed by atoms with E-state index in [0.717, 1.165) is 22.9 Å². The van der Waals surface area contributed by atoms with E-state index in [9.17, 15) is 4.79 Å². The standard InChI is InChI=1S/C22H24N2O2/c1-16(22(25)23-20-10-12-21(26-3)13-11-20)24(2)15-17-8-9-18-6-4-5-7-19(18)14-17/h4-14,16H,15H2,1-3H3,(H,23,25)/p+1/t16-/m1/s1. The van der Waals surface area contributed by atoms with Gasteiger partial charge < -0.3 is 15.0 Å². The predicted molar refractivity (Wildman–Crippen MR) is 106 cm³/mol. The van der Waals surface area contributed by atoms with Crippen molar-refractivity contribution in [3.63, 3.8) is 0 Å². The molecule has 0 bridgehead atoms. The fourth-order valence-corrected chi connectivity index (χ4v) is 2.97. The highest BCUT2D eigenvalue weighted by Crippen LogP contribution is 2.16. The van der Waals surface area contributed by atoms with Crippen LogP contribution in [0.5, 0.6) is 5.75 Å². The molecule has 0 spiro atoms. The van der Waals surface area contributed by atoms with Crippen molar-refractivity contribution < 1.29 is 14.4 Å². The summed E-state index contributed by atoms with van der Waals surface area (Å²) in [6, 6.07) is 22.0. The summed E-state index contributed by atoms with van der Waals surface area (Å²) in [6.45, 7) is 2.75. The molecule has 4 heteroatoms. The van der Waals surface area contributed by atoms with Crippen LogP contribution in [0.25, 0.3) is 10.8 Å². The van der Waals surface area contributed by atoms with E-state index >= 15 is 0 Å². The minimum absolute atomic E-state index is 0.00783. The van der Waals surface area contributed by atoms with E-state index in [2.05, 4.69) is 35.6 Å². The predicted octanol–water partition coefficient (Wildman–Crippen LogP) is 2.89. The Hall–Kier alpha value is -2.85. The first-order valence-corrected chi connectivity index (χ1v) is 8.82. The van der Waals surface area contributed by atoms with Crippen LogP contribution in [0.4, 0.5) is 5.69 Å². The van der Waals surface area contributed by atoms with Gasteiger partial charge in [-0.3, -0.25) is 4.79 Å². The molecule has 134 valence electrons. The molecule has 0 fully saturated rings. The Morgan fingerprint density at radius 1 is 1.04 bits per heavy atom. The molecule has 1 unspecified atom stereocenters. The molecular weight excluding hydrogens is 324 g/mol. The minimum Gasteiger partial charge on any atom is -0.497 e. The second-order valence-electron chi connectivity index (χ2n) is 6.64. The molecule has 3 aromatic carbocycles. The molecule has 3 rings (SSSR count). The van der Waals surface area contributed by atoms with E-state index in [1.807, 2.05) is 50.4 Å². The first kappa shape index (κ1) is 18.0. The van der Waals surface area contributed by atoms with Crippen LogP contribution < -0.4 is 15.0 Å². The number of amides is 1. The number of methoxy groups -OCH3 is 1. The molecule has 0 aliphatic rings. The molecular formula is C22H25N2O2+. The van der Waals surface area contributed by atoms with E-state index in [-0.39, 0.29) is 11.9 Å². The third-order valence-corrected chi connectivity index (χ3v) is 4.79. The monoisotopic (exact) mass is 349 g/mol. The summed E-state index contributed by atoms with van der Waals surface area (Å²) in [5.41, 5.74) is 2.01. The molecule has 2 N–H and O–H groups in total. The normalized spacial score (nSPS) is 13.2. The topological polar surface area (TPSA) is 42.8 Å². The second-order valence-corrected chi connectivity index (χ2v) is 6.64. The number of fused-ring (bicyclic) bond motifs is 1. The number of hydrogen-bond donors (Lipinski definition) is 2. The van der Waals surface area contributed by atoms with Gasteiger partial charge in [-0.25, -0.2) is 0 Å². The molecule has 0 aliphatic heterocycles. The molecule has 0 heterocycles. The van der Waals surface area contributed by atoms with E-state index in [4.69, 9.17) is 4.74 Å². The number of carbonyl (C=O) groups is 1. The van der Waals surface area contributed by atoms with Gasteiger partial charge in [0, 0.05) is 11.3 Å². The molecule has 0 saturated carbocycles. The van der Waals surface area contributed by atoms with Crippen LogP contribution in [0.2, 0.25) is 0 Å². The van der Waals surface area contributed by atoms with Crippen molar-refractivity contribution in [2.45, 2.75) is 19.5 Å². The number of quaternary nitrogens is 1. The van der Waals surface area contributed by atoms with Crippen molar-refractivity contribution in [1.82, 2.24) is 0 Å². The number of carbonyl (C=O) groups excluding carboxylic acids is 1. The molecule has 0 aromatic heterocycles. The van der Waals surface area contributed by atoms with Gasteiger partial charge in [-0.2, -0.15) is 0 Å². The van der Waals surface area contributed by atoms with Crippen LogP contribution in [0.15, 0.2) is 66.7 Å². The van der Waals surface area contributed by atoms with Crippen LogP contribution in [0.3, 0.4) is 0 Å². The number of likely N-dealkylation sites (N-methyl/N-ethyl adjacent to an activating group) is 1. The zero-order valence-electron chi connectivity index (χ0n) is 15.5. The number of nitrogens with one attached hydrogen (secondary N) is 2. The molecule has 1 amide bonds. The van der Waals surface area contributed by atoms with Crippen LogP contribution in [0.1, 0.15) is 12.5 Å². The van der Waals surface area contributed by atoms with E-state index in [1.54, 1.807) is 7.11 Å². The summed E-state index contributed by atoms with van der Waals surface area (Å²) in [6.07, 6.45) is 0. The van der Waals surface area contributed by atoms with Gasteiger partial charge in [0.25, 0.3) is 5.91 Å². The number of rotatable bonds is 6. The van der Waals surface area contributed by atoms with Gasteiger partial charge in [0.05, 0.1) is 14.2 Å². The third kappa shape index (κ3) is 4.21. The zero-order chi connectivity index (χ0) is 18.5. The highest BCUT2D eigenvalue weighted by atomic mass is 16.5. The van der Waals surface area contributed by atoms with Crippen LogP contribution in [-0.2, 0) is 11.3 Å². The lowest BCUT2D eigenvalue weighted by Crippen LogP contribution is -3.12. The van der Waals surface area contributed by atoms with Gasteiger partial charge >= 0.3 is 0 Å². The fraction of sp³-hybridized carbons (Fsp3) is 0.227. The number of ether oxygens (including phenoxy) is 1. The first-order valence-electron chi connectivity index (χ1n) is 8.82. The molecule has 4 nitrogen and oxygen atoms in total. The maximum Gasteiger partial charge on any atom is 0.282 e. The van der Waals surface area contributed by atoms with Crippen LogP contribution in [-0.4, -0.2) is 26.1 Å². The molecule has 0 aliphatic carbocycles.